The van der Waals surface area contributed by atoms with Crippen LogP contribution in [0.2, 0.25) is 0 Å². The van der Waals surface area contributed by atoms with E-state index in [-0.39, 0.29) is 37.2 Å². The lowest BCUT2D eigenvalue weighted by molar-refractivity contribution is -0.142. The van der Waals surface area contributed by atoms with Crippen molar-refractivity contribution in [3.63, 3.8) is 0 Å². The molecule has 63 heavy (non-hydrogen) atoms. The monoisotopic (exact) mass is 902 g/mol. The Hall–Kier alpha value is -6.20. The number of carbonyl (C=O) groups excluding carboxylic acids is 5. The molecule has 4 atom stereocenters. The fourth-order valence-corrected chi connectivity index (χ4v) is 8.85. The highest BCUT2D eigenvalue weighted by Gasteiger charge is 2.50. The summed E-state index contributed by atoms with van der Waals surface area (Å²) in [5.74, 6) is -2.51. The maximum absolute atomic E-state index is 14.8. The van der Waals surface area contributed by atoms with Gasteiger partial charge in [-0.25, -0.2) is 22.9 Å². The molecule has 3 N–H and O–H groups in total. The quantitative estimate of drug-likeness (QED) is 0.114. The summed E-state index contributed by atoms with van der Waals surface area (Å²) in [7, 11) is -1.40. The Balaban J connectivity index is 1.38. The second-order valence-corrected chi connectivity index (χ2v) is 18.5. The molecule has 0 bridgehead atoms. The number of alkyl halides is 1. The van der Waals surface area contributed by atoms with E-state index in [1.165, 1.54) is 41.1 Å². The van der Waals surface area contributed by atoms with Crippen LogP contribution in [0.5, 0.6) is 11.5 Å². The molecule has 1 aromatic heterocycles. The number of pyridine rings is 1. The third kappa shape index (κ3) is 11.1. The molecule has 1 saturated carbocycles. The molecular formula is C45H51ClN6O10S. The second-order valence-electron chi connectivity index (χ2n) is 16.6. The summed E-state index contributed by atoms with van der Waals surface area (Å²) in [6.07, 6.45) is -1.64. The molecular weight excluding hydrogens is 852 g/mol. The number of ether oxygens (including phenoxy) is 3. The van der Waals surface area contributed by atoms with Gasteiger partial charge in [0.05, 0.1) is 29.8 Å². The van der Waals surface area contributed by atoms with E-state index in [1.807, 2.05) is 30.3 Å². The van der Waals surface area contributed by atoms with E-state index in [1.54, 1.807) is 58.2 Å². The van der Waals surface area contributed by atoms with Crippen molar-refractivity contribution in [3.8, 4) is 22.8 Å². The summed E-state index contributed by atoms with van der Waals surface area (Å²) < 4.78 is 46.5. The maximum Gasteiger partial charge on any atom is 0.408 e. The smallest absolute Gasteiger partial charge is 0.408 e. The van der Waals surface area contributed by atoms with Crippen molar-refractivity contribution < 1.29 is 46.6 Å². The van der Waals surface area contributed by atoms with E-state index >= 15 is 0 Å². The average Bonchev–Trinajstić information content (AvgIpc) is 3.85. The molecule has 4 aromatic rings. The summed E-state index contributed by atoms with van der Waals surface area (Å²) in [5, 5.41) is 6.00. The molecule has 334 valence electrons. The minimum atomic E-state index is -4.35. The van der Waals surface area contributed by atoms with Crippen molar-refractivity contribution in [2.24, 2.45) is 0 Å². The van der Waals surface area contributed by atoms with E-state index in [9.17, 15) is 32.4 Å². The van der Waals surface area contributed by atoms with Gasteiger partial charge in [-0.1, -0.05) is 60.7 Å². The van der Waals surface area contributed by atoms with Gasteiger partial charge in [-0.15, -0.1) is 11.6 Å². The number of rotatable bonds is 14. The van der Waals surface area contributed by atoms with Crippen LogP contribution >= 0.6 is 11.6 Å². The van der Waals surface area contributed by atoms with E-state index in [4.69, 9.17) is 30.8 Å². The molecule has 2 fully saturated rings. The Labute approximate surface area is 371 Å². The van der Waals surface area contributed by atoms with Crippen molar-refractivity contribution in [1.29, 1.82) is 0 Å². The number of sulfonamides is 1. The third-order valence-corrected chi connectivity index (χ3v) is 12.3. The zero-order chi connectivity index (χ0) is 45.7. The number of benzene rings is 3. The normalized spacial score (nSPS) is 19.2. The number of amides is 5. The molecule has 16 nitrogen and oxygen atoms in total. The molecule has 3 aromatic carbocycles. The Kier molecular flexibility index (Phi) is 14.0. The lowest BCUT2D eigenvalue weighted by Gasteiger charge is -2.34. The van der Waals surface area contributed by atoms with Crippen LogP contribution in [0, 0.1) is 0 Å². The minimum Gasteiger partial charge on any atom is -0.497 e. The summed E-state index contributed by atoms with van der Waals surface area (Å²) in [6.45, 7) is 8.41. The van der Waals surface area contributed by atoms with E-state index in [2.05, 4.69) is 21.9 Å². The molecule has 1 aliphatic heterocycles. The molecule has 2 heterocycles. The number of likely N-dealkylation sites (tertiary alicyclic amines) is 1. The Bertz CT molecular complexity index is 2500. The molecule has 0 unspecified atom stereocenters. The standard InChI is InChI=1S/C45H51ClN6O10S/c1-28-19-20-45(24-28,42(56)50-63(58,59)32-15-11-8-12-16-32)49-40(54)37-22-31(26-52(37)41(55)36(27-51(5)39(53)25-46)48-43(57)62-44(2,3)4)61-38-23-34(29-13-9-7-10-14-29)47-35-21-30(60-6)17-18-33(35)38/h7-18,21,23,31,36-37H,1,19-20,22,24-27H2,2-6H3,(H,48,57)(H,49,54)(H,50,56)/t31-,36+,37+,45-/m1/s1. The van der Waals surface area contributed by atoms with Gasteiger partial charge in [-0.3, -0.25) is 19.2 Å². The Morgan fingerprint density at radius 1 is 1.02 bits per heavy atom. The number of nitrogens with one attached hydrogen (secondary N) is 3. The molecule has 0 radical (unpaired) electrons. The van der Waals surface area contributed by atoms with E-state index in [0.717, 1.165) is 5.56 Å². The van der Waals surface area contributed by atoms with Gasteiger partial charge >= 0.3 is 6.09 Å². The van der Waals surface area contributed by atoms with Crippen molar-refractivity contribution in [2.45, 2.75) is 80.7 Å². The van der Waals surface area contributed by atoms with Crippen LogP contribution in [-0.2, 0) is 33.9 Å². The predicted molar refractivity (Wildman–Crippen MR) is 235 cm³/mol. The van der Waals surface area contributed by atoms with Gasteiger partial charge in [-0.2, -0.15) is 0 Å². The molecule has 0 spiro atoms. The lowest BCUT2D eigenvalue weighted by Crippen LogP contribution is -2.62. The van der Waals surface area contributed by atoms with Gasteiger partial charge < -0.3 is 34.6 Å². The van der Waals surface area contributed by atoms with Gasteiger partial charge in [0.25, 0.3) is 15.9 Å². The SMILES string of the molecule is C=C1CC[C@](NC(=O)[C@@H]2C[C@@H](Oc3cc(-c4ccccc4)nc4cc(OC)ccc34)CN2C(=O)[C@H](CN(C)C(=O)CCl)NC(=O)OC(C)(C)C)(C(=O)NS(=O)(=O)c2ccccc2)C1. The van der Waals surface area contributed by atoms with Crippen molar-refractivity contribution in [2.75, 3.05) is 33.1 Å². The minimum absolute atomic E-state index is 0.0250. The first-order chi connectivity index (χ1) is 29.8. The number of aromatic nitrogens is 1. The van der Waals surface area contributed by atoms with Crippen LogP contribution in [0.3, 0.4) is 0 Å². The summed E-state index contributed by atoms with van der Waals surface area (Å²) in [4.78, 5) is 76.6. The molecule has 1 aliphatic carbocycles. The fourth-order valence-electron chi connectivity index (χ4n) is 7.57. The summed E-state index contributed by atoms with van der Waals surface area (Å²) >= 11 is 5.85. The Morgan fingerprint density at radius 3 is 2.32 bits per heavy atom. The average molecular weight is 903 g/mol. The van der Waals surface area contributed by atoms with Gasteiger partial charge in [0.15, 0.2) is 0 Å². The van der Waals surface area contributed by atoms with Crippen molar-refractivity contribution in [1.82, 2.24) is 30.1 Å². The fraction of sp³-hybridized carbons (Fsp3) is 0.378. The van der Waals surface area contributed by atoms with Crippen molar-refractivity contribution in [3.05, 3.63) is 97.1 Å². The van der Waals surface area contributed by atoms with E-state index in [0.29, 0.717) is 40.1 Å². The van der Waals surface area contributed by atoms with Crippen molar-refractivity contribution >= 4 is 62.2 Å². The van der Waals surface area contributed by atoms with Gasteiger partial charge in [-0.05, 0) is 57.9 Å². The largest absolute Gasteiger partial charge is 0.497 e. The van der Waals surface area contributed by atoms with Gasteiger partial charge in [0, 0.05) is 49.5 Å². The number of halogens is 1. The van der Waals surface area contributed by atoms with E-state index < -0.39 is 75.0 Å². The van der Waals surface area contributed by atoms with Crippen LogP contribution in [0.25, 0.3) is 22.2 Å². The molecule has 2 aliphatic rings. The number of fused-ring (bicyclic) bond motifs is 1. The number of nitrogens with zero attached hydrogens (tertiary/aromatic N) is 3. The van der Waals surface area contributed by atoms with Crippen LogP contribution in [0.1, 0.15) is 46.5 Å². The predicted octanol–water partition coefficient (Wildman–Crippen LogP) is 4.95. The zero-order valence-electron chi connectivity index (χ0n) is 35.7. The molecule has 18 heteroatoms. The number of hydrogen-bond donors (Lipinski definition) is 3. The highest BCUT2D eigenvalue weighted by Crippen LogP contribution is 2.37. The Morgan fingerprint density at radius 2 is 1.70 bits per heavy atom. The molecule has 6 rings (SSSR count). The highest BCUT2D eigenvalue weighted by atomic mass is 35.5. The van der Waals surface area contributed by atoms with Gasteiger partial charge in [0.1, 0.15) is 46.7 Å². The number of alkyl carbamates (subject to hydrolysis) is 1. The number of carbonyl (C=O) groups is 5. The summed E-state index contributed by atoms with van der Waals surface area (Å²) in [5.41, 5.74) is -0.161. The second kappa shape index (κ2) is 19.0. The van der Waals surface area contributed by atoms with Crippen LogP contribution in [0.4, 0.5) is 4.79 Å². The maximum atomic E-state index is 14.8. The number of methoxy groups -OCH3 is 1. The first kappa shape index (κ1) is 46.3. The summed E-state index contributed by atoms with van der Waals surface area (Å²) in [6, 6.07) is 21.1. The molecule has 1 saturated heterocycles. The van der Waals surface area contributed by atoms with Crippen LogP contribution < -0.4 is 24.8 Å². The van der Waals surface area contributed by atoms with Crippen LogP contribution in [-0.4, -0.2) is 115 Å². The van der Waals surface area contributed by atoms with Gasteiger partial charge in [0.2, 0.25) is 17.7 Å². The lowest BCUT2D eigenvalue weighted by atomic mass is 9.95. The first-order valence-corrected chi connectivity index (χ1v) is 22.2. The number of hydrogen-bond acceptors (Lipinski definition) is 11. The third-order valence-electron chi connectivity index (χ3n) is 10.7. The first-order valence-electron chi connectivity index (χ1n) is 20.2. The topological polar surface area (TPSA) is 203 Å². The molecule has 5 amide bonds. The highest BCUT2D eigenvalue weighted by molar-refractivity contribution is 7.90. The van der Waals surface area contributed by atoms with Crippen LogP contribution in [0.15, 0.2) is 102 Å². The zero-order valence-corrected chi connectivity index (χ0v) is 37.3. The number of likely N-dealkylation sites (N-methyl/N-ethyl adjacent to an activating group) is 1.